The molecule has 0 unspecified atom stereocenters. The third kappa shape index (κ3) is 3.19. The maximum Gasteiger partial charge on any atom is 0.272 e. The number of methoxy groups -OCH3 is 1. The van der Waals surface area contributed by atoms with Crippen LogP contribution in [0.1, 0.15) is 21.8 Å². The Morgan fingerprint density at radius 3 is 2.54 bits per heavy atom. The Morgan fingerprint density at radius 2 is 1.77 bits per heavy atom. The highest BCUT2D eigenvalue weighted by Crippen LogP contribution is 2.46. The van der Waals surface area contributed by atoms with Crippen LogP contribution in [0.2, 0.25) is 0 Å². The van der Waals surface area contributed by atoms with Gasteiger partial charge in [-0.25, -0.2) is 0 Å². The summed E-state index contributed by atoms with van der Waals surface area (Å²) in [7, 11) is 1.56. The molecule has 174 valence electrons. The zero-order chi connectivity index (χ0) is 24.1. The first-order chi connectivity index (χ1) is 17.1. The number of nitro groups is 1. The molecule has 0 bridgehead atoms. The van der Waals surface area contributed by atoms with Crippen molar-refractivity contribution in [2.24, 2.45) is 0 Å². The minimum Gasteiger partial charge on any atom is -0.497 e. The SMILES string of the molecule is COc1ccc([C@H]2[C@@H]([N+](=O)[O-])[C@@H]3C=Cc4ccccc4N3[C@H]2C(=O)n2nnc3ccccc32)cc1. The summed E-state index contributed by atoms with van der Waals surface area (Å²) in [5.41, 5.74) is 3.53. The van der Waals surface area contributed by atoms with Gasteiger partial charge in [-0.05, 0) is 41.5 Å². The van der Waals surface area contributed by atoms with Crippen molar-refractivity contribution >= 4 is 28.7 Å². The molecular formula is C26H21N5O4. The van der Waals surface area contributed by atoms with E-state index in [0.717, 1.165) is 11.3 Å². The van der Waals surface area contributed by atoms with Gasteiger partial charge < -0.3 is 9.64 Å². The zero-order valence-electron chi connectivity index (χ0n) is 18.8. The molecule has 0 N–H and O–H groups in total. The molecule has 6 rings (SSSR count). The summed E-state index contributed by atoms with van der Waals surface area (Å²) in [6.45, 7) is 0. The van der Waals surface area contributed by atoms with Gasteiger partial charge >= 0.3 is 0 Å². The Balaban J connectivity index is 1.57. The number of anilines is 1. The van der Waals surface area contributed by atoms with Crippen molar-refractivity contribution < 1.29 is 14.5 Å². The van der Waals surface area contributed by atoms with Gasteiger partial charge in [-0.3, -0.25) is 14.9 Å². The number of ether oxygens (including phenoxy) is 1. The van der Waals surface area contributed by atoms with E-state index in [4.69, 9.17) is 4.74 Å². The van der Waals surface area contributed by atoms with E-state index in [1.807, 2.05) is 53.5 Å². The molecule has 2 aliphatic heterocycles. The summed E-state index contributed by atoms with van der Waals surface area (Å²) < 4.78 is 6.56. The molecule has 1 aromatic heterocycles. The van der Waals surface area contributed by atoms with E-state index in [0.29, 0.717) is 22.3 Å². The lowest BCUT2D eigenvalue weighted by atomic mass is 9.86. The molecule has 2 aliphatic rings. The first-order valence-corrected chi connectivity index (χ1v) is 11.3. The minimum atomic E-state index is -1.04. The Bertz CT molecular complexity index is 1480. The standard InChI is InChI=1S/C26H21N5O4/c1-35-18-13-10-17(11-14-18)23-24(31(33)34)22-15-12-16-6-2-4-8-20(16)29(22)25(23)26(32)30-21-9-5-3-7-19(21)27-28-30/h2-15,22-25H,1H3/t22-,23-,24-,25+/m0/s1. The average molecular weight is 467 g/mol. The van der Waals surface area contributed by atoms with Crippen LogP contribution in [-0.4, -0.2) is 51.1 Å². The smallest absolute Gasteiger partial charge is 0.272 e. The largest absolute Gasteiger partial charge is 0.497 e. The number of benzene rings is 3. The second-order valence-electron chi connectivity index (χ2n) is 8.66. The summed E-state index contributed by atoms with van der Waals surface area (Å²) in [6, 6.07) is 19.4. The Kier molecular flexibility index (Phi) is 4.84. The van der Waals surface area contributed by atoms with Crippen molar-refractivity contribution in [3.8, 4) is 5.75 Å². The molecule has 0 amide bonds. The van der Waals surface area contributed by atoms with Crippen molar-refractivity contribution in [2.45, 2.75) is 24.0 Å². The van der Waals surface area contributed by atoms with Crippen molar-refractivity contribution in [3.63, 3.8) is 0 Å². The van der Waals surface area contributed by atoms with Gasteiger partial charge in [0, 0.05) is 10.6 Å². The summed E-state index contributed by atoms with van der Waals surface area (Å²) >= 11 is 0. The van der Waals surface area contributed by atoms with Gasteiger partial charge in [0.25, 0.3) is 5.91 Å². The molecule has 0 radical (unpaired) electrons. The second-order valence-corrected chi connectivity index (χ2v) is 8.66. The number of fused-ring (bicyclic) bond motifs is 4. The third-order valence-electron chi connectivity index (χ3n) is 6.92. The second kappa shape index (κ2) is 8.05. The topological polar surface area (TPSA) is 103 Å². The monoisotopic (exact) mass is 467 g/mol. The Hall–Kier alpha value is -4.53. The van der Waals surface area contributed by atoms with Gasteiger partial charge in [0.15, 0.2) is 0 Å². The van der Waals surface area contributed by atoms with Gasteiger partial charge in [-0.15, -0.1) is 5.10 Å². The molecule has 3 heterocycles. The summed E-state index contributed by atoms with van der Waals surface area (Å²) in [6.07, 6.45) is 3.73. The van der Waals surface area contributed by atoms with Crippen molar-refractivity contribution in [1.82, 2.24) is 15.0 Å². The van der Waals surface area contributed by atoms with Gasteiger partial charge in [0.05, 0.1) is 18.5 Å². The van der Waals surface area contributed by atoms with Crippen molar-refractivity contribution in [1.29, 1.82) is 0 Å². The van der Waals surface area contributed by atoms with E-state index < -0.39 is 24.0 Å². The fraction of sp³-hybridized carbons (Fsp3) is 0.192. The third-order valence-corrected chi connectivity index (χ3v) is 6.92. The van der Waals surface area contributed by atoms with Crippen LogP contribution in [0.15, 0.2) is 78.9 Å². The highest BCUT2D eigenvalue weighted by atomic mass is 16.6. The maximum atomic E-state index is 14.2. The molecule has 0 saturated carbocycles. The molecule has 0 aliphatic carbocycles. The number of hydrogen-bond donors (Lipinski definition) is 0. The van der Waals surface area contributed by atoms with E-state index in [9.17, 15) is 14.9 Å². The van der Waals surface area contributed by atoms with Crippen molar-refractivity contribution in [2.75, 3.05) is 12.0 Å². The average Bonchev–Trinajstić information content (AvgIpc) is 3.48. The van der Waals surface area contributed by atoms with Crippen molar-refractivity contribution in [3.05, 3.63) is 100 Å². The number of para-hydroxylation sites is 2. The molecule has 0 spiro atoms. The van der Waals surface area contributed by atoms with Crippen LogP contribution < -0.4 is 9.64 Å². The van der Waals surface area contributed by atoms with Gasteiger partial charge in [-0.2, -0.15) is 4.68 Å². The number of carbonyl (C=O) groups excluding carboxylic acids is 1. The highest BCUT2D eigenvalue weighted by molar-refractivity contribution is 5.96. The molecule has 4 atom stereocenters. The van der Waals surface area contributed by atoms with Crippen LogP contribution in [0, 0.1) is 10.1 Å². The van der Waals surface area contributed by atoms with E-state index in [2.05, 4.69) is 10.3 Å². The highest BCUT2D eigenvalue weighted by Gasteiger charge is 2.59. The quantitative estimate of drug-likeness (QED) is 0.332. The lowest BCUT2D eigenvalue weighted by Gasteiger charge is -2.33. The van der Waals surface area contributed by atoms with Crippen LogP contribution in [0.25, 0.3) is 17.1 Å². The van der Waals surface area contributed by atoms with Gasteiger partial charge in [-0.1, -0.05) is 59.8 Å². The predicted octanol–water partition coefficient (Wildman–Crippen LogP) is 3.79. The van der Waals surface area contributed by atoms with Crippen LogP contribution in [-0.2, 0) is 0 Å². The van der Waals surface area contributed by atoms with Crippen LogP contribution in [0.3, 0.4) is 0 Å². The molecule has 4 aromatic rings. The Morgan fingerprint density at radius 1 is 1.03 bits per heavy atom. The van der Waals surface area contributed by atoms with E-state index in [1.54, 1.807) is 43.5 Å². The number of aromatic nitrogens is 3. The molecule has 1 saturated heterocycles. The summed E-state index contributed by atoms with van der Waals surface area (Å²) in [5.74, 6) is -0.455. The fourth-order valence-electron chi connectivity index (χ4n) is 5.40. The number of rotatable bonds is 4. The first-order valence-electron chi connectivity index (χ1n) is 11.3. The van der Waals surface area contributed by atoms with Crippen LogP contribution in [0.4, 0.5) is 5.69 Å². The van der Waals surface area contributed by atoms with E-state index in [1.165, 1.54) is 4.68 Å². The first kappa shape index (κ1) is 21.0. The Labute approximate surface area is 200 Å². The summed E-state index contributed by atoms with van der Waals surface area (Å²) in [4.78, 5) is 28.3. The molecule has 9 heteroatoms. The molecule has 3 aromatic carbocycles. The van der Waals surface area contributed by atoms with Crippen LogP contribution in [0.5, 0.6) is 5.75 Å². The molecule has 9 nitrogen and oxygen atoms in total. The number of hydrogen-bond acceptors (Lipinski definition) is 7. The predicted molar refractivity (Wildman–Crippen MR) is 130 cm³/mol. The molecule has 1 fully saturated rings. The number of nitrogens with zero attached hydrogens (tertiary/aromatic N) is 5. The maximum absolute atomic E-state index is 14.2. The number of carbonyl (C=O) groups is 1. The lowest BCUT2D eigenvalue weighted by Crippen LogP contribution is -2.46. The van der Waals surface area contributed by atoms with E-state index >= 15 is 0 Å². The normalized spacial score (nSPS) is 22.6. The van der Waals surface area contributed by atoms with Gasteiger partial charge in [0.2, 0.25) is 6.04 Å². The lowest BCUT2D eigenvalue weighted by molar-refractivity contribution is -0.524. The fourth-order valence-corrected chi connectivity index (χ4v) is 5.40. The summed E-state index contributed by atoms with van der Waals surface area (Å²) in [5, 5.41) is 20.8. The zero-order valence-corrected chi connectivity index (χ0v) is 18.8. The van der Waals surface area contributed by atoms with Crippen LogP contribution >= 0.6 is 0 Å². The van der Waals surface area contributed by atoms with Gasteiger partial charge in [0.1, 0.15) is 23.3 Å². The molecular weight excluding hydrogens is 446 g/mol. The van der Waals surface area contributed by atoms with E-state index in [-0.39, 0.29) is 10.8 Å². The molecule has 35 heavy (non-hydrogen) atoms. The minimum absolute atomic E-state index is 0.266.